The minimum Gasteiger partial charge on any atom is -0.474 e. The molecular weight excluding hydrogens is 262 g/mol. The van der Waals surface area contributed by atoms with Crippen LogP contribution in [0, 0.1) is 18.3 Å². The van der Waals surface area contributed by atoms with E-state index in [-0.39, 0.29) is 6.10 Å². The Labute approximate surface area is 128 Å². The van der Waals surface area contributed by atoms with Gasteiger partial charge in [0.1, 0.15) is 18.2 Å². The molecular formula is C17H29N3O. The van der Waals surface area contributed by atoms with Crippen molar-refractivity contribution in [2.75, 3.05) is 11.9 Å². The lowest BCUT2D eigenvalue weighted by Crippen LogP contribution is -2.34. The molecule has 1 aliphatic carbocycles. The fraction of sp³-hybridized carbons (Fsp3) is 0.765. The van der Waals surface area contributed by atoms with Crippen molar-refractivity contribution < 1.29 is 4.74 Å². The fourth-order valence-electron chi connectivity index (χ4n) is 3.48. The Morgan fingerprint density at radius 2 is 2.10 bits per heavy atom. The van der Waals surface area contributed by atoms with Gasteiger partial charge in [0.25, 0.3) is 0 Å². The van der Waals surface area contributed by atoms with E-state index in [4.69, 9.17) is 4.74 Å². The van der Waals surface area contributed by atoms with Crippen LogP contribution >= 0.6 is 0 Å². The summed E-state index contributed by atoms with van der Waals surface area (Å²) in [7, 11) is 0. The van der Waals surface area contributed by atoms with Crippen molar-refractivity contribution in [3.63, 3.8) is 0 Å². The summed E-state index contributed by atoms with van der Waals surface area (Å²) in [6.45, 7) is 12.1. The second-order valence-corrected chi connectivity index (χ2v) is 7.23. The van der Waals surface area contributed by atoms with Gasteiger partial charge < -0.3 is 10.1 Å². The van der Waals surface area contributed by atoms with Gasteiger partial charge in [0.15, 0.2) is 0 Å². The quantitative estimate of drug-likeness (QED) is 0.883. The molecule has 4 nitrogen and oxygen atoms in total. The van der Waals surface area contributed by atoms with Gasteiger partial charge in [-0.15, -0.1) is 0 Å². The molecule has 1 heterocycles. The average molecular weight is 291 g/mol. The normalized spacial score (nSPS) is 24.6. The molecule has 2 rings (SSSR count). The first-order valence-electron chi connectivity index (χ1n) is 8.13. The number of nitrogens with one attached hydrogen (secondary N) is 1. The summed E-state index contributed by atoms with van der Waals surface area (Å²) < 4.78 is 6.22. The van der Waals surface area contributed by atoms with E-state index in [1.807, 2.05) is 6.92 Å². The van der Waals surface area contributed by atoms with Gasteiger partial charge >= 0.3 is 0 Å². The second-order valence-electron chi connectivity index (χ2n) is 7.23. The molecule has 1 fully saturated rings. The van der Waals surface area contributed by atoms with E-state index in [1.165, 1.54) is 6.42 Å². The molecule has 1 aliphatic rings. The van der Waals surface area contributed by atoms with E-state index in [9.17, 15) is 0 Å². The van der Waals surface area contributed by atoms with Gasteiger partial charge in [-0.05, 0) is 43.9 Å². The Morgan fingerprint density at radius 1 is 1.33 bits per heavy atom. The van der Waals surface area contributed by atoms with Crippen molar-refractivity contribution >= 4 is 5.82 Å². The summed E-state index contributed by atoms with van der Waals surface area (Å²) in [4.78, 5) is 8.65. The van der Waals surface area contributed by atoms with Crippen molar-refractivity contribution in [3.05, 3.63) is 11.9 Å². The Balaban J connectivity index is 2.08. The van der Waals surface area contributed by atoms with Crippen LogP contribution in [-0.2, 0) is 0 Å². The summed E-state index contributed by atoms with van der Waals surface area (Å²) in [5.41, 5.74) is 1.37. The third-order valence-corrected chi connectivity index (χ3v) is 4.21. The molecule has 0 aromatic carbocycles. The van der Waals surface area contributed by atoms with Crippen LogP contribution in [0.4, 0.5) is 5.82 Å². The highest BCUT2D eigenvalue weighted by Gasteiger charge is 2.33. The molecule has 1 aromatic rings. The summed E-state index contributed by atoms with van der Waals surface area (Å²) in [6, 6.07) is 0. The third kappa shape index (κ3) is 4.32. The molecule has 4 heteroatoms. The molecule has 21 heavy (non-hydrogen) atoms. The summed E-state index contributed by atoms with van der Waals surface area (Å²) in [6.07, 6.45) is 6.42. The van der Waals surface area contributed by atoms with Crippen LogP contribution in [0.3, 0.4) is 0 Å². The van der Waals surface area contributed by atoms with Gasteiger partial charge in [-0.2, -0.15) is 0 Å². The predicted octanol–water partition coefficient (Wildman–Crippen LogP) is 4.20. The van der Waals surface area contributed by atoms with E-state index in [1.54, 1.807) is 6.33 Å². The summed E-state index contributed by atoms with van der Waals surface area (Å²) >= 11 is 0. The minimum atomic E-state index is 0.261. The van der Waals surface area contributed by atoms with E-state index < -0.39 is 0 Å². The number of aromatic nitrogens is 2. The Kier molecular flexibility index (Phi) is 5.07. The fourth-order valence-corrected chi connectivity index (χ4v) is 3.48. The van der Waals surface area contributed by atoms with Crippen LogP contribution in [0.5, 0.6) is 5.88 Å². The van der Waals surface area contributed by atoms with Gasteiger partial charge in [-0.3, -0.25) is 0 Å². The molecule has 0 radical (unpaired) electrons. The molecule has 0 aliphatic heterocycles. The molecule has 0 bridgehead atoms. The number of hydrogen-bond acceptors (Lipinski definition) is 4. The van der Waals surface area contributed by atoms with E-state index in [0.717, 1.165) is 43.1 Å². The zero-order chi connectivity index (χ0) is 15.5. The first kappa shape index (κ1) is 16.1. The van der Waals surface area contributed by atoms with E-state index in [2.05, 4.69) is 43.0 Å². The van der Waals surface area contributed by atoms with E-state index >= 15 is 0 Å². The molecule has 1 aromatic heterocycles. The molecule has 1 saturated carbocycles. The van der Waals surface area contributed by atoms with Crippen LogP contribution in [0.1, 0.15) is 58.9 Å². The minimum absolute atomic E-state index is 0.261. The third-order valence-electron chi connectivity index (χ3n) is 4.21. The molecule has 0 amide bonds. The number of anilines is 1. The van der Waals surface area contributed by atoms with Crippen LogP contribution in [0.2, 0.25) is 0 Å². The van der Waals surface area contributed by atoms with Crippen molar-refractivity contribution in [2.45, 2.75) is 66.4 Å². The molecule has 2 unspecified atom stereocenters. The first-order valence-corrected chi connectivity index (χ1v) is 8.13. The molecule has 118 valence electrons. The van der Waals surface area contributed by atoms with Gasteiger partial charge in [-0.1, -0.05) is 27.7 Å². The predicted molar refractivity (Wildman–Crippen MR) is 86.8 cm³/mol. The lowest BCUT2D eigenvalue weighted by atomic mass is 9.71. The topological polar surface area (TPSA) is 47.0 Å². The number of hydrogen-bond donors (Lipinski definition) is 1. The maximum absolute atomic E-state index is 6.22. The SMILES string of the molecule is CCCNc1ncnc(OC2CC(C)CC(C)(C)C2)c1C. The molecule has 0 saturated heterocycles. The number of ether oxygens (including phenoxy) is 1. The zero-order valence-corrected chi connectivity index (χ0v) is 14.1. The highest BCUT2D eigenvalue weighted by Crippen LogP contribution is 2.40. The van der Waals surface area contributed by atoms with Gasteiger partial charge in [0, 0.05) is 6.54 Å². The van der Waals surface area contributed by atoms with Crippen LogP contribution in [-0.4, -0.2) is 22.6 Å². The Bertz CT molecular complexity index is 473. The maximum Gasteiger partial charge on any atom is 0.221 e. The van der Waals surface area contributed by atoms with Crippen molar-refractivity contribution in [3.8, 4) is 5.88 Å². The second kappa shape index (κ2) is 6.63. The first-order chi connectivity index (χ1) is 9.91. The maximum atomic E-state index is 6.22. The summed E-state index contributed by atoms with van der Waals surface area (Å²) in [5.74, 6) is 2.34. The standard InChI is InChI=1S/C17H29N3O/c1-6-7-18-15-13(3)16(20-11-19-15)21-14-8-12(2)9-17(4,5)10-14/h11-12,14H,6-10H2,1-5H3,(H,18,19,20). The lowest BCUT2D eigenvalue weighted by Gasteiger charge is -2.38. The summed E-state index contributed by atoms with van der Waals surface area (Å²) in [5, 5.41) is 3.33. The van der Waals surface area contributed by atoms with Gasteiger partial charge in [-0.25, -0.2) is 9.97 Å². The highest BCUT2D eigenvalue weighted by atomic mass is 16.5. The van der Waals surface area contributed by atoms with Gasteiger partial charge in [0.2, 0.25) is 5.88 Å². The lowest BCUT2D eigenvalue weighted by molar-refractivity contribution is 0.0527. The number of rotatable bonds is 5. The van der Waals surface area contributed by atoms with Crippen LogP contribution < -0.4 is 10.1 Å². The Hall–Kier alpha value is -1.32. The van der Waals surface area contributed by atoms with Crippen molar-refractivity contribution in [2.24, 2.45) is 11.3 Å². The largest absolute Gasteiger partial charge is 0.474 e. The van der Waals surface area contributed by atoms with Crippen molar-refractivity contribution in [1.82, 2.24) is 9.97 Å². The smallest absolute Gasteiger partial charge is 0.221 e. The average Bonchev–Trinajstić information content (AvgIpc) is 2.37. The zero-order valence-electron chi connectivity index (χ0n) is 14.1. The van der Waals surface area contributed by atoms with Crippen LogP contribution in [0.25, 0.3) is 0 Å². The van der Waals surface area contributed by atoms with Crippen molar-refractivity contribution in [1.29, 1.82) is 0 Å². The molecule has 0 spiro atoms. The Morgan fingerprint density at radius 3 is 2.76 bits per heavy atom. The van der Waals surface area contributed by atoms with Crippen LogP contribution in [0.15, 0.2) is 6.33 Å². The highest BCUT2D eigenvalue weighted by molar-refractivity contribution is 5.47. The molecule has 2 atom stereocenters. The van der Waals surface area contributed by atoms with Gasteiger partial charge in [0.05, 0.1) is 5.56 Å². The monoisotopic (exact) mass is 291 g/mol. The molecule has 1 N–H and O–H groups in total. The number of nitrogens with zero attached hydrogens (tertiary/aromatic N) is 2. The van der Waals surface area contributed by atoms with E-state index in [0.29, 0.717) is 11.3 Å².